The van der Waals surface area contributed by atoms with Crippen LogP contribution in [0.15, 0.2) is 24.3 Å². The molecule has 1 aliphatic heterocycles. The van der Waals surface area contributed by atoms with Crippen molar-refractivity contribution >= 4 is 11.6 Å². The van der Waals surface area contributed by atoms with Gasteiger partial charge in [0.15, 0.2) is 5.82 Å². The number of rotatable bonds is 4. The minimum Gasteiger partial charge on any atom is -0.301 e. The lowest BCUT2D eigenvalue weighted by molar-refractivity contribution is 0.106. The van der Waals surface area contributed by atoms with E-state index in [0.29, 0.717) is 0 Å². The van der Waals surface area contributed by atoms with E-state index >= 15 is 0 Å². The van der Waals surface area contributed by atoms with Gasteiger partial charge in [0.1, 0.15) is 0 Å². The maximum atomic E-state index is 6.10. The summed E-state index contributed by atoms with van der Waals surface area (Å²) in [5.74, 6) is 0.889. The van der Waals surface area contributed by atoms with Gasteiger partial charge in [0.05, 0.1) is 11.6 Å². The first kappa shape index (κ1) is 18.3. The fourth-order valence-corrected chi connectivity index (χ4v) is 3.47. The summed E-state index contributed by atoms with van der Waals surface area (Å²) >= 11 is 6.10. The predicted octanol–water partition coefficient (Wildman–Crippen LogP) is 2.81. The molecule has 136 valence electrons. The van der Waals surface area contributed by atoms with Crippen molar-refractivity contribution < 1.29 is 0 Å². The van der Waals surface area contributed by atoms with Gasteiger partial charge in [-0.2, -0.15) is 0 Å². The molecule has 0 amide bonds. The number of likely N-dealkylation sites (N-methyl/N-ethyl adjacent to an activating group) is 1. The first-order valence-electron chi connectivity index (χ1n) is 8.90. The standard InChI is InChI=1S/C18H27ClN6/c1-5-23-10-12-24(13-11-23)16(14-6-8-15(19)9-7-14)17-20-21-22-25(17)18(2,3)4/h6-9,16H,5,10-13H2,1-4H3/t16-/m1/s1. The van der Waals surface area contributed by atoms with Crippen molar-refractivity contribution in [2.75, 3.05) is 32.7 Å². The van der Waals surface area contributed by atoms with Gasteiger partial charge < -0.3 is 4.90 Å². The summed E-state index contributed by atoms with van der Waals surface area (Å²) in [6.45, 7) is 13.8. The summed E-state index contributed by atoms with van der Waals surface area (Å²) in [5, 5.41) is 13.4. The van der Waals surface area contributed by atoms with Crippen LogP contribution in [-0.4, -0.2) is 62.7 Å². The average molecular weight is 363 g/mol. The Morgan fingerprint density at radius 2 is 1.72 bits per heavy atom. The van der Waals surface area contributed by atoms with Gasteiger partial charge in [0.25, 0.3) is 0 Å². The molecule has 0 unspecified atom stereocenters. The second-order valence-electron chi connectivity index (χ2n) is 7.54. The SMILES string of the molecule is CCN1CCN([C@H](c2ccc(Cl)cc2)c2nnnn2C(C)(C)C)CC1. The van der Waals surface area contributed by atoms with Crippen molar-refractivity contribution in [3.8, 4) is 0 Å². The van der Waals surface area contributed by atoms with Crippen LogP contribution in [0.3, 0.4) is 0 Å². The first-order chi connectivity index (χ1) is 11.9. The molecule has 0 bridgehead atoms. The molecule has 0 spiro atoms. The molecule has 1 aromatic heterocycles. The summed E-state index contributed by atoms with van der Waals surface area (Å²) in [5.41, 5.74) is 1.00. The second kappa shape index (κ2) is 7.40. The molecule has 0 N–H and O–H groups in total. The summed E-state index contributed by atoms with van der Waals surface area (Å²) in [7, 11) is 0. The molecule has 1 atom stereocenters. The molecule has 7 heteroatoms. The van der Waals surface area contributed by atoms with Crippen LogP contribution in [0.1, 0.15) is 45.1 Å². The third-order valence-corrected chi connectivity index (χ3v) is 5.03. The number of hydrogen-bond donors (Lipinski definition) is 0. The molecule has 25 heavy (non-hydrogen) atoms. The monoisotopic (exact) mass is 362 g/mol. The average Bonchev–Trinajstić information content (AvgIpc) is 3.07. The van der Waals surface area contributed by atoms with E-state index in [4.69, 9.17) is 11.6 Å². The van der Waals surface area contributed by atoms with E-state index in [1.807, 2.05) is 16.8 Å². The van der Waals surface area contributed by atoms with Gasteiger partial charge in [0.2, 0.25) is 0 Å². The van der Waals surface area contributed by atoms with E-state index in [9.17, 15) is 0 Å². The zero-order valence-electron chi connectivity index (χ0n) is 15.5. The number of hydrogen-bond acceptors (Lipinski definition) is 5. The lowest BCUT2D eigenvalue weighted by atomic mass is 10.0. The van der Waals surface area contributed by atoms with Gasteiger partial charge in [-0.05, 0) is 55.4 Å². The van der Waals surface area contributed by atoms with Gasteiger partial charge in [-0.15, -0.1) is 5.10 Å². The molecule has 0 saturated carbocycles. The Morgan fingerprint density at radius 3 is 2.28 bits per heavy atom. The zero-order chi connectivity index (χ0) is 18.0. The Bertz CT molecular complexity index is 682. The maximum Gasteiger partial charge on any atom is 0.173 e. The second-order valence-corrected chi connectivity index (χ2v) is 7.98. The number of nitrogens with zero attached hydrogens (tertiary/aromatic N) is 6. The molecule has 1 saturated heterocycles. The van der Waals surface area contributed by atoms with Crippen molar-refractivity contribution in [2.45, 2.75) is 39.3 Å². The number of piperazine rings is 1. The smallest absolute Gasteiger partial charge is 0.173 e. The minimum absolute atomic E-state index is 0.0329. The Hall–Kier alpha value is -1.50. The molecule has 3 rings (SSSR count). The molecular formula is C18H27ClN6. The molecule has 6 nitrogen and oxygen atoms in total. The Balaban J connectivity index is 1.98. The minimum atomic E-state index is -0.172. The fraction of sp³-hybridized carbons (Fsp3) is 0.611. The van der Waals surface area contributed by atoms with E-state index < -0.39 is 0 Å². The van der Waals surface area contributed by atoms with E-state index in [-0.39, 0.29) is 11.6 Å². The topological polar surface area (TPSA) is 50.1 Å². The number of benzene rings is 1. The predicted molar refractivity (Wildman–Crippen MR) is 99.8 cm³/mol. The van der Waals surface area contributed by atoms with Gasteiger partial charge in [-0.1, -0.05) is 30.7 Å². The van der Waals surface area contributed by atoms with E-state index in [2.05, 4.69) is 65.2 Å². The number of halogens is 1. The molecular weight excluding hydrogens is 336 g/mol. The lowest BCUT2D eigenvalue weighted by Gasteiger charge is -2.39. The van der Waals surface area contributed by atoms with Gasteiger partial charge >= 0.3 is 0 Å². The fourth-order valence-electron chi connectivity index (χ4n) is 3.35. The highest BCUT2D eigenvalue weighted by Crippen LogP contribution is 2.31. The van der Waals surface area contributed by atoms with Crippen LogP contribution in [-0.2, 0) is 5.54 Å². The van der Waals surface area contributed by atoms with Crippen molar-refractivity contribution in [1.29, 1.82) is 0 Å². The van der Waals surface area contributed by atoms with E-state index in [1.54, 1.807) is 0 Å². The van der Waals surface area contributed by atoms with Gasteiger partial charge in [0, 0.05) is 31.2 Å². The molecule has 2 heterocycles. The van der Waals surface area contributed by atoms with Crippen molar-refractivity contribution in [2.24, 2.45) is 0 Å². The normalized spacial score (nSPS) is 18.4. The van der Waals surface area contributed by atoms with Gasteiger partial charge in [-0.25, -0.2) is 4.68 Å². The molecule has 0 radical (unpaired) electrons. The highest BCUT2D eigenvalue weighted by Gasteiger charge is 2.32. The highest BCUT2D eigenvalue weighted by molar-refractivity contribution is 6.30. The van der Waals surface area contributed by atoms with Crippen molar-refractivity contribution in [3.63, 3.8) is 0 Å². The third-order valence-electron chi connectivity index (χ3n) is 4.78. The third kappa shape index (κ3) is 4.02. The van der Waals surface area contributed by atoms with Gasteiger partial charge in [-0.3, -0.25) is 4.90 Å². The summed E-state index contributed by atoms with van der Waals surface area (Å²) in [6.07, 6.45) is 0. The van der Waals surface area contributed by atoms with Crippen LogP contribution in [0, 0.1) is 0 Å². The summed E-state index contributed by atoms with van der Waals surface area (Å²) < 4.78 is 1.94. The largest absolute Gasteiger partial charge is 0.301 e. The highest BCUT2D eigenvalue weighted by atomic mass is 35.5. The summed E-state index contributed by atoms with van der Waals surface area (Å²) in [6, 6.07) is 8.09. The van der Waals surface area contributed by atoms with Crippen LogP contribution in [0.2, 0.25) is 5.02 Å². The van der Waals surface area contributed by atoms with Crippen LogP contribution < -0.4 is 0 Å². The maximum absolute atomic E-state index is 6.10. The first-order valence-corrected chi connectivity index (χ1v) is 9.28. The summed E-state index contributed by atoms with van der Waals surface area (Å²) in [4.78, 5) is 4.95. The Labute approximate surface area is 154 Å². The quantitative estimate of drug-likeness (QED) is 0.837. The Kier molecular flexibility index (Phi) is 5.41. The Morgan fingerprint density at radius 1 is 1.08 bits per heavy atom. The van der Waals surface area contributed by atoms with E-state index in [1.165, 1.54) is 5.56 Å². The van der Waals surface area contributed by atoms with Crippen LogP contribution in [0.5, 0.6) is 0 Å². The lowest BCUT2D eigenvalue weighted by Crippen LogP contribution is -2.48. The number of tetrazole rings is 1. The van der Waals surface area contributed by atoms with Crippen molar-refractivity contribution in [1.82, 2.24) is 30.0 Å². The van der Waals surface area contributed by atoms with Crippen LogP contribution in [0.25, 0.3) is 0 Å². The molecule has 1 aliphatic rings. The molecule has 0 aliphatic carbocycles. The number of aromatic nitrogens is 4. The molecule has 1 aromatic carbocycles. The van der Waals surface area contributed by atoms with Crippen LogP contribution >= 0.6 is 11.6 Å². The molecule has 1 fully saturated rings. The van der Waals surface area contributed by atoms with Crippen LogP contribution in [0.4, 0.5) is 0 Å². The van der Waals surface area contributed by atoms with Crippen molar-refractivity contribution in [3.05, 3.63) is 40.7 Å². The van der Waals surface area contributed by atoms with E-state index in [0.717, 1.165) is 43.6 Å². The zero-order valence-corrected chi connectivity index (χ0v) is 16.2. The molecule has 2 aromatic rings.